The largest absolute Gasteiger partial charge is 0.380 e. The molecule has 0 aromatic carbocycles. The molecule has 0 saturated carbocycles. The zero-order valence-electron chi connectivity index (χ0n) is 9.87. The van der Waals surface area contributed by atoms with E-state index in [1.807, 2.05) is 0 Å². The van der Waals surface area contributed by atoms with Crippen LogP contribution >= 0.6 is 0 Å². The van der Waals surface area contributed by atoms with E-state index in [2.05, 4.69) is 11.8 Å². The summed E-state index contributed by atoms with van der Waals surface area (Å²) in [4.78, 5) is 2.62. The second-order valence-corrected chi connectivity index (χ2v) is 5.62. The van der Waals surface area contributed by atoms with Crippen LogP contribution in [0.25, 0.3) is 0 Å². The van der Waals surface area contributed by atoms with Gasteiger partial charge in [0.2, 0.25) is 0 Å². The Kier molecular flexibility index (Phi) is 3.65. The lowest BCUT2D eigenvalue weighted by atomic mass is 9.86. The standard InChI is InChI=1S/C12H24N2O/c1-12(9-15-10-12)8-14-6-2-3-11(7-14)4-5-13/h11H,2-10,13H2,1H3. The van der Waals surface area contributed by atoms with Gasteiger partial charge in [-0.05, 0) is 38.3 Å². The first-order valence-electron chi connectivity index (χ1n) is 6.22. The molecule has 1 atom stereocenters. The summed E-state index contributed by atoms with van der Waals surface area (Å²) in [6, 6.07) is 0. The smallest absolute Gasteiger partial charge is 0.0554 e. The highest BCUT2D eigenvalue weighted by molar-refractivity contribution is 4.86. The van der Waals surface area contributed by atoms with Crippen LogP contribution in [0, 0.1) is 11.3 Å². The first kappa shape index (κ1) is 11.4. The summed E-state index contributed by atoms with van der Waals surface area (Å²) in [6.07, 6.45) is 3.92. The molecule has 2 fully saturated rings. The van der Waals surface area contributed by atoms with Gasteiger partial charge < -0.3 is 15.4 Å². The zero-order chi connectivity index (χ0) is 10.7. The maximum absolute atomic E-state index is 5.63. The lowest BCUT2D eigenvalue weighted by Crippen LogP contribution is -2.51. The van der Waals surface area contributed by atoms with Crippen molar-refractivity contribution in [2.24, 2.45) is 17.1 Å². The molecule has 0 aliphatic carbocycles. The second kappa shape index (κ2) is 4.81. The molecule has 1 unspecified atom stereocenters. The van der Waals surface area contributed by atoms with Crippen LogP contribution in [-0.2, 0) is 4.74 Å². The van der Waals surface area contributed by atoms with E-state index in [0.29, 0.717) is 5.41 Å². The number of nitrogens with two attached hydrogens (primary N) is 1. The average Bonchev–Trinajstić information content (AvgIpc) is 2.16. The highest BCUT2D eigenvalue weighted by Crippen LogP contribution is 2.29. The molecule has 2 rings (SSSR count). The zero-order valence-corrected chi connectivity index (χ0v) is 9.87. The minimum atomic E-state index is 0.435. The van der Waals surface area contributed by atoms with Crippen molar-refractivity contribution in [3.8, 4) is 0 Å². The van der Waals surface area contributed by atoms with Crippen molar-refractivity contribution < 1.29 is 4.74 Å². The summed E-state index contributed by atoms with van der Waals surface area (Å²) < 4.78 is 5.31. The summed E-state index contributed by atoms with van der Waals surface area (Å²) >= 11 is 0. The third-order valence-electron chi connectivity index (χ3n) is 3.68. The summed E-state index contributed by atoms with van der Waals surface area (Å²) in [5, 5.41) is 0. The maximum Gasteiger partial charge on any atom is 0.0554 e. The highest BCUT2D eigenvalue weighted by atomic mass is 16.5. The third kappa shape index (κ3) is 2.92. The maximum atomic E-state index is 5.63. The Hall–Kier alpha value is -0.120. The van der Waals surface area contributed by atoms with E-state index < -0.39 is 0 Å². The molecule has 0 aromatic rings. The van der Waals surface area contributed by atoms with Gasteiger partial charge in [-0.15, -0.1) is 0 Å². The van der Waals surface area contributed by atoms with Crippen molar-refractivity contribution >= 4 is 0 Å². The first-order chi connectivity index (χ1) is 7.22. The van der Waals surface area contributed by atoms with Crippen molar-refractivity contribution in [3.05, 3.63) is 0 Å². The molecule has 3 nitrogen and oxygen atoms in total. The molecule has 3 heteroatoms. The lowest BCUT2D eigenvalue weighted by Gasteiger charge is -2.44. The third-order valence-corrected chi connectivity index (χ3v) is 3.68. The van der Waals surface area contributed by atoms with Gasteiger partial charge >= 0.3 is 0 Å². The van der Waals surface area contributed by atoms with Crippen molar-refractivity contribution in [2.45, 2.75) is 26.2 Å². The van der Waals surface area contributed by atoms with Gasteiger partial charge in [0.05, 0.1) is 13.2 Å². The quantitative estimate of drug-likeness (QED) is 0.758. The van der Waals surface area contributed by atoms with Crippen molar-refractivity contribution in [1.82, 2.24) is 4.90 Å². The molecule has 2 heterocycles. The Labute approximate surface area is 93.0 Å². The molecule has 2 aliphatic heterocycles. The topological polar surface area (TPSA) is 38.5 Å². The van der Waals surface area contributed by atoms with Crippen LogP contribution in [0.1, 0.15) is 26.2 Å². The summed E-state index contributed by atoms with van der Waals surface area (Å²) in [5.41, 5.74) is 6.07. The Balaban J connectivity index is 1.77. The molecule has 2 saturated heterocycles. The fourth-order valence-electron chi connectivity index (χ4n) is 2.85. The van der Waals surface area contributed by atoms with Crippen molar-refractivity contribution in [3.63, 3.8) is 0 Å². The van der Waals surface area contributed by atoms with Gasteiger partial charge in [0.25, 0.3) is 0 Å². The van der Waals surface area contributed by atoms with E-state index in [9.17, 15) is 0 Å². The van der Waals surface area contributed by atoms with Crippen molar-refractivity contribution in [2.75, 3.05) is 39.4 Å². The van der Waals surface area contributed by atoms with Crippen LogP contribution in [0.5, 0.6) is 0 Å². The van der Waals surface area contributed by atoms with Gasteiger partial charge in [-0.3, -0.25) is 0 Å². The fourth-order valence-corrected chi connectivity index (χ4v) is 2.85. The van der Waals surface area contributed by atoms with Crippen molar-refractivity contribution in [1.29, 1.82) is 0 Å². The second-order valence-electron chi connectivity index (χ2n) is 5.62. The minimum absolute atomic E-state index is 0.435. The average molecular weight is 212 g/mol. The van der Waals surface area contributed by atoms with Gasteiger partial charge in [-0.1, -0.05) is 6.92 Å². The molecule has 0 bridgehead atoms. The molecule has 2 N–H and O–H groups in total. The SMILES string of the molecule is CC1(CN2CCCC(CCN)C2)COC1. The number of rotatable bonds is 4. The first-order valence-corrected chi connectivity index (χ1v) is 6.22. The Bertz CT molecular complexity index is 202. The molecule has 88 valence electrons. The molecular formula is C12H24N2O. The number of likely N-dealkylation sites (tertiary alicyclic amines) is 1. The Morgan fingerprint density at radius 3 is 2.87 bits per heavy atom. The molecule has 0 spiro atoms. The van der Waals surface area contributed by atoms with E-state index in [1.54, 1.807) is 0 Å². The number of piperidine rings is 1. The Morgan fingerprint density at radius 1 is 1.47 bits per heavy atom. The van der Waals surface area contributed by atoms with E-state index in [4.69, 9.17) is 10.5 Å². The fraction of sp³-hybridized carbons (Fsp3) is 1.00. The highest BCUT2D eigenvalue weighted by Gasteiger charge is 2.36. The summed E-state index contributed by atoms with van der Waals surface area (Å²) in [5.74, 6) is 0.841. The van der Waals surface area contributed by atoms with E-state index in [1.165, 1.54) is 38.9 Å². The van der Waals surface area contributed by atoms with E-state index in [-0.39, 0.29) is 0 Å². The molecule has 2 aliphatic rings. The predicted molar refractivity (Wildman–Crippen MR) is 61.8 cm³/mol. The predicted octanol–water partition coefficient (Wildman–Crippen LogP) is 1.08. The van der Waals surface area contributed by atoms with Gasteiger partial charge in [0.15, 0.2) is 0 Å². The molecule has 0 amide bonds. The van der Waals surface area contributed by atoms with E-state index in [0.717, 1.165) is 25.7 Å². The van der Waals surface area contributed by atoms with Crippen LogP contribution < -0.4 is 5.73 Å². The molecule has 15 heavy (non-hydrogen) atoms. The molecular weight excluding hydrogens is 188 g/mol. The number of ether oxygens (including phenoxy) is 1. The van der Waals surface area contributed by atoms with Crippen LogP contribution in [-0.4, -0.2) is 44.3 Å². The number of nitrogens with zero attached hydrogens (tertiary/aromatic N) is 1. The number of hydrogen-bond acceptors (Lipinski definition) is 3. The molecule has 0 aromatic heterocycles. The van der Waals surface area contributed by atoms with Crippen LogP contribution in [0.15, 0.2) is 0 Å². The summed E-state index contributed by atoms with van der Waals surface area (Å²) in [6.45, 7) is 8.83. The van der Waals surface area contributed by atoms with Crippen LogP contribution in [0.2, 0.25) is 0 Å². The van der Waals surface area contributed by atoms with Gasteiger partial charge in [-0.25, -0.2) is 0 Å². The van der Waals surface area contributed by atoms with E-state index >= 15 is 0 Å². The summed E-state index contributed by atoms with van der Waals surface area (Å²) in [7, 11) is 0. The van der Waals surface area contributed by atoms with Crippen LogP contribution in [0.4, 0.5) is 0 Å². The van der Waals surface area contributed by atoms with Gasteiger partial charge in [-0.2, -0.15) is 0 Å². The Morgan fingerprint density at radius 2 is 2.27 bits per heavy atom. The number of hydrogen-bond donors (Lipinski definition) is 1. The van der Waals surface area contributed by atoms with Gasteiger partial charge in [0, 0.05) is 18.5 Å². The van der Waals surface area contributed by atoms with Gasteiger partial charge in [0.1, 0.15) is 0 Å². The van der Waals surface area contributed by atoms with Crippen LogP contribution in [0.3, 0.4) is 0 Å². The molecule has 0 radical (unpaired) electrons. The normalized spacial score (nSPS) is 31.2. The minimum Gasteiger partial charge on any atom is -0.380 e. The lowest BCUT2D eigenvalue weighted by molar-refractivity contribution is -0.118. The monoisotopic (exact) mass is 212 g/mol.